The summed E-state index contributed by atoms with van der Waals surface area (Å²) in [7, 11) is 0. The summed E-state index contributed by atoms with van der Waals surface area (Å²) in [6, 6.07) is 3.68. The Labute approximate surface area is 113 Å². The first-order valence-electron chi connectivity index (χ1n) is 6.23. The van der Waals surface area contributed by atoms with Crippen molar-refractivity contribution in [2.24, 2.45) is 0 Å². The van der Waals surface area contributed by atoms with E-state index in [-0.39, 0.29) is 5.91 Å². The maximum absolute atomic E-state index is 11.3. The van der Waals surface area contributed by atoms with Gasteiger partial charge in [0.1, 0.15) is 0 Å². The van der Waals surface area contributed by atoms with Gasteiger partial charge in [0, 0.05) is 50.9 Å². The van der Waals surface area contributed by atoms with Crippen LogP contribution in [0.3, 0.4) is 0 Å². The Hall–Kier alpha value is -1.13. The minimum atomic E-state index is 0.165. The molecular formula is C13H18ClN3O. The van der Waals surface area contributed by atoms with E-state index >= 15 is 0 Å². The topological polar surface area (TPSA) is 36.4 Å². The highest BCUT2D eigenvalue weighted by Crippen LogP contribution is 2.11. The van der Waals surface area contributed by atoms with Gasteiger partial charge >= 0.3 is 0 Å². The first-order valence-corrected chi connectivity index (χ1v) is 6.61. The molecule has 5 heteroatoms. The van der Waals surface area contributed by atoms with Gasteiger partial charge in [0.25, 0.3) is 0 Å². The third-order valence-corrected chi connectivity index (χ3v) is 3.43. The van der Waals surface area contributed by atoms with Gasteiger partial charge in [0.05, 0.1) is 5.69 Å². The molecule has 1 aromatic rings. The lowest BCUT2D eigenvalue weighted by Crippen LogP contribution is -2.33. The van der Waals surface area contributed by atoms with Crippen LogP contribution in [-0.2, 0) is 11.3 Å². The van der Waals surface area contributed by atoms with Crippen molar-refractivity contribution in [3.63, 3.8) is 0 Å². The van der Waals surface area contributed by atoms with E-state index < -0.39 is 0 Å². The monoisotopic (exact) mass is 267 g/mol. The number of rotatable bonds is 2. The van der Waals surface area contributed by atoms with Crippen molar-refractivity contribution >= 4 is 17.5 Å². The second-order valence-corrected chi connectivity index (χ2v) is 5.04. The molecule has 2 rings (SSSR count). The summed E-state index contributed by atoms with van der Waals surface area (Å²) in [6.45, 7) is 5.98. The highest BCUT2D eigenvalue weighted by molar-refractivity contribution is 6.30. The first kappa shape index (κ1) is 13.3. The van der Waals surface area contributed by atoms with Gasteiger partial charge in [-0.2, -0.15) is 0 Å². The molecule has 0 bridgehead atoms. The quantitative estimate of drug-likeness (QED) is 0.820. The van der Waals surface area contributed by atoms with Crippen molar-refractivity contribution in [2.75, 3.05) is 26.2 Å². The number of carbonyl (C=O) groups is 1. The second-order valence-electron chi connectivity index (χ2n) is 4.60. The van der Waals surface area contributed by atoms with E-state index in [0.29, 0.717) is 0 Å². The highest BCUT2D eigenvalue weighted by atomic mass is 35.5. The summed E-state index contributed by atoms with van der Waals surface area (Å²) in [5, 5.41) is 0.722. The minimum absolute atomic E-state index is 0.165. The standard InChI is InChI=1S/C13H18ClN3O/c1-11(18)17-6-2-5-16(7-8-17)10-13-9-12(14)3-4-15-13/h3-4,9H,2,5-8,10H2,1H3. The van der Waals surface area contributed by atoms with Gasteiger partial charge in [-0.15, -0.1) is 0 Å². The van der Waals surface area contributed by atoms with Crippen LogP contribution >= 0.6 is 11.6 Å². The maximum Gasteiger partial charge on any atom is 0.219 e. The van der Waals surface area contributed by atoms with Gasteiger partial charge in [0.15, 0.2) is 0 Å². The van der Waals surface area contributed by atoms with Gasteiger partial charge < -0.3 is 4.90 Å². The zero-order chi connectivity index (χ0) is 13.0. The minimum Gasteiger partial charge on any atom is -0.342 e. The molecule has 4 nitrogen and oxygen atoms in total. The van der Waals surface area contributed by atoms with Crippen molar-refractivity contribution in [3.05, 3.63) is 29.0 Å². The fourth-order valence-corrected chi connectivity index (χ4v) is 2.39. The average Bonchev–Trinajstić information content (AvgIpc) is 2.55. The van der Waals surface area contributed by atoms with Crippen LogP contribution in [0.2, 0.25) is 5.02 Å². The zero-order valence-electron chi connectivity index (χ0n) is 10.6. The third kappa shape index (κ3) is 3.68. The molecule has 0 radical (unpaired) electrons. The molecule has 1 aromatic heterocycles. The fraction of sp³-hybridized carbons (Fsp3) is 0.538. The predicted octanol–water partition coefficient (Wildman–Crippen LogP) is 1.79. The zero-order valence-corrected chi connectivity index (χ0v) is 11.4. The van der Waals surface area contributed by atoms with E-state index in [1.807, 2.05) is 11.0 Å². The molecule has 1 aliphatic heterocycles. The summed E-state index contributed by atoms with van der Waals surface area (Å²) in [4.78, 5) is 19.9. The largest absolute Gasteiger partial charge is 0.342 e. The molecule has 0 aliphatic carbocycles. The van der Waals surface area contributed by atoms with Gasteiger partial charge in [-0.1, -0.05) is 11.6 Å². The Morgan fingerprint density at radius 1 is 1.39 bits per heavy atom. The molecule has 0 atom stereocenters. The molecule has 0 unspecified atom stereocenters. The van der Waals surface area contributed by atoms with Crippen molar-refractivity contribution in [1.82, 2.24) is 14.8 Å². The van der Waals surface area contributed by atoms with Crippen LogP contribution in [0.25, 0.3) is 0 Å². The Balaban J connectivity index is 1.92. The van der Waals surface area contributed by atoms with Gasteiger partial charge in [-0.3, -0.25) is 14.7 Å². The SMILES string of the molecule is CC(=O)N1CCCN(Cc2cc(Cl)ccn2)CC1. The van der Waals surface area contributed by atoms with Crippen LogP contribution in [-0.4, -0.2) is 46.9 Å². The van der Waals surface area contributed by atoms with Crippen molar-refractivity contribution < 1.29 is 4.79 Å². The molecule has 1 saturated heterocycles. The molecule has 98 valence electrons. The summed E-state index contributed by atoms with van der Waals surface area (Å²) in [5.41, 5.74) is 0.985. The number of amides is 1. The molecule has 1 fully saturated rings. The van der Waals surface area contributed by atoms with Crippen molar-refractivity contribution in [2.45, 2.75) is 19.9 Å². The molecule has 0 aromatic carbocycles. The number of halogens is 1. The lowest BCUT2D eigenvalue weighted by molar-refractivity contribution is -0.128. The number of pyridine rings is 1. The van der Waals surface area contributed by atoms with Crippen molar-refractivity contribution in [3.8, 4) is 0 Å². The van der Waals surface area contributed by atoms with E-state index in [1.54, 1.807) is 19.2 Å². The van der Waals surface area contributed by atoms with E-state index in [1.165, 1.54) is 0 Å². The van der Waals surface area contributed by atoms with E-state index in [2.05, 4.69) is 9.88 Å². The van der Waals surface area contributed by atoms with Crippen LogP contribution < -0.4 is 0 Å². The van der Waals surface area contributed by atoms with Crippen LogP contribution in [0, 0.1) is 0 Å². The third-order valence-electron chi connectivity index (χ3n) is 3.20. The molecule has 0 saturated carbocycles. The molecule has 1 aliphatic rings. The average molecular weight is 268 g/mol. The predicted molar refractivity (Wildman–Crippen MR) is 71.4 cm³/mol. The molecule has 2 heterocycles. The molecular weight excluding hydrogens is 250 g/mol. The second kappa shape index (κ2) is 6.16. The Morgan fingerprint density at radius 3 is 2.94 bits per heavy atom. The molecule has 0 N–H and O–H groups in total. The van der Waals surface area contributed by atoms with Crippen LogP contribution in [0.4, 0.5) is 0 Å². The number of hydrogen-bond donors (Lipinski definition) is 0. The number of nitrogens with zero attached hydrogens (tertiary/aromatic N) is 3. The smallest absolute Gasteiger partial charge is 0.219 e. The fourth-order valence-electron chi connectivity index (χ4n) is 2.21. The number of hydrogen-bond acceptors (Lipinski definition) is 3. The summed E-state index contributed by atoms with van der Waals surface area (Å²) in [5.74, 6) is 0.165. The molecule has 1 amide bonds. The van der Waals surface area contributed by atoms with Gasteiger partial charge in [0.2, 0.25) is 5.91 Å². The van der Waals surface area contributed by atoms with E-state index in [4.69, 9.17) is 11.6 Å². The highest BCUT2D eigenvalue weighted by Gasteiger charge is 2.16. The lowest BCUT2D eigenvalue weighted by atomic mass is 10.3. The molecule has 0 spiro atoms. The Morgan fingerprint density at radius 2 is 2.22 bits per heavy atom. The van der Waals surface area contributed by atoms with Crippen LogP contribution in [0.15, 0.2) is 18.3 Å². The van der Waals surface area contributed by atoms with Crippen LogP contribution in [0.5, 0.6) is 0 Å². The number of aromatic nitrogens is 1. The lowest BCUT2D eigenvalue weighted by Gasteiger charge is -2.20. The van der Waals surface area contributed by atoms with Gasteiger partial charge in [-0.25, -0.2) is 0 Å². The normalized spacial score (nSPS) is 17.6. The Bertz CT molecular complexity index is 424. The maximum atomic E-state index is 11.3. The summed E-state index contributed by atoms with van der Waals surface area (Å²) in [6.07, 6.45) is 2.75. The first-order chi connectivity index (χ1) is 8.65. The number of carbonyl (C=O) groups excluding carboxylic acids is 1. The van der Waals surface area contributed by atoms with Crippen molar-refractivity contribution in [1.29, 1.82) is 0 Å². The molecule has 18 heavy (non-hydrogen) atoms. The summed E-state index contributed by atoms with van der Waals surface area (Å²) >= 11 is 5.95. The van der Waals surface area contributed by atoms with Gasteiger partial charge in [-0.05, 0) is 18.6 Å². The van der Waals surface area contributed by atoms with E-state index in [0.717, 1.165) is 49.9 Å². The van der Waals surface area contributed by atoms with E-state index in [9.17, 15) is 4.79 Å². The van der Waals surface area contributed by atoms with Crippen LogP contribution in [0.1, 0.15) is 19.0 Å². The summed E-state index contributed by atoms with van der Waals surface area (Å²) < 4.78 is 0. The Kier molecular flexibility index (Phi) is 4.55.